The summed E-state index contributed by atoms with van der Waals surface area (Å²) in [5.74, 6) is 3.15. The number of sulfonamides is 2. The van der Waals surface area contributed by atoms with Crippen molar-refractivity contribution in [2.24, 2.45) is 0 Å². The molecule has 1 rings (SSSR count). The number of aryl methyl sites for hydroxylation is 1. The van der Waals surface area contributed by atoms with Gasteiger partial charge in [0.05, 0.1) is 4.88 Å². The molecule has 1 aromatic rings. The molecule has 0 N–H and O–H groups in total. The lowest BCUT2D eigenvalue weighted by molar-refractivity contribution is -0.586. The van der Waals surface area contributed by atoms with Crippen molar-refractivity contribution in [1.29, 1.82) is 0 Å². The van der Waals surface area contributed by atoms with Crippen LogP contribution in [0.3, 0.4) is 0 Å². The van der Waals surface area contributed by atoms with Gasteiger partial charge in [-0.3, -0.25) is 0 Å². The summed E-state index contributed by atoms with van der Waals surface area (Å²) in [6.07, 6.45) is 8.60. The lowest BCUT2D eigenvalue weighted by Gasteiger charge is -2.22. The molecule has 0 spiro atoms. The first-order valence-corrected chi connectivity index (χ1v) is 13.2. The number of thiazole rings is 1. The van der Waals surface area contributed by atoms with Crippen molar-refractivity contribution in [2.75, 3.05) is 0 Å². The molecule has 1 aromatic heterocycles. The van der Waals surface area contributed by atoms with Crippen molar-refractivity contribution in [3.05, 3.63) is 20.2 Å². The Morgan fingerprint density at radius 3 is 1.88 bits per heavy atom. The normalized spacial score (nSPS) is 12.5. The number of aromatic nitrogens is 1. The maximum absolute atomic E-state index is 11.4. The van der Waals surface area contributed by atoms with Crippen molar-refractivity contribution < 1.29 is 47.7 Å². The van der Waals surface area contributed by atoms with E-state index < -0.39 is 31.1 Å². The number of rotatable bonds is 8. The molecule has 0 radical (unpaired) electrons. The molecule has 0 fully saturated rings. The van der Waals surface area contributed by atoms with Crippen molar-refractivity contribution in [3.63, 3.8) is 0 Å². The zero-order chi connectivity index (χ0) is 25.2. The van der Waals surface area contributed by atoms with Crippen LogP contribution in [0.2, 0.25) is 0 Å². The van der Waals surface area contributed by atoms with Gasteiger partial charge in [-0.15, -0.1) is 4.57 Å². The van der Waals surface area contributed by atoms with Crippen LogP contribution in [0.4, 0.5) is 26.3 Å². The van der Waals surface area contributed by atoms with Gasteiger partial charge in [0.15, 0.2) is 20.0 Å². The van der Waals surface area contributed by atoms with Gasteiger partial charge in [0.2, 0.25) is 17.2 Å². The summed E-state index contributed by atoms with van der Waals surface area (Å²) >= 11 is 1.87. The fraction of sp³-hybridized carbons (Fsp3) is 0.706. The highest BCUT2D eigenvalue weighted by molar-refractivity contribution is 8.13. The molecular weight excluding hydrogens is 506 g/mol. The fourth-order valence-corrected chi connectivity index (χ4v) is 4.90. The summed E-state index contributed by atoms with van der Waals surface area (Å²) < 4.78 is 111. The molecule has 15 heteroatoms. The van der Waals surface area contributed by atoms with E-state index in [0.717, 1.165) is 17.0 Å². The van der Waals surface area contributed by atoms with Crippen LogP contribution in [0, 0.1) is 12.0 Å². The molecule has 1 heterocycles. The highest BCUT2D eigenvalue weighted by Gasteiger charge is 2.46. The van der Waals surface area contributed by atoms with E-state index >= 15 is 0 Å². The van der Waals surface area contributed by atoms with E-state index in [1.165, 1.54) is 42.7 Å². The third kappa shape index (κ3) is 9.63. The van der Waals surface area contributed by atoms with Crippen LogP contribution in [0.25, 0.3) is 4.13 Å². The third-order valence-corrected chi connectivity index (χ3v) is 7.44. The van der Waals surface area contributed by atoms with Crippen molar-refractivity contribution >= 4 is 31.4 Å². The Balaban J connectivity index is 0.000000607. The molecule has 32 heavy (non-hydrogen) atoms. The minimum Gasteiger partial charge on any atom is -0.421 e. The van der Waals surface area contributed by atoms with Gasteiger partial charge in [0.1, 0.15) is 0 Å². The van der Waals surface area contributed by atoms with Gasteiger partial charge < -0.3 is 4.13 Å². The molecule has 0 saturated heterocycles. The molecule has 0 bridgehead atoms. The quantitative estimate of drug-likeness (QED) is 0.205. The summed E-state index contributed by atoms with van der Waals surface area (Å²) in [6, 6.07) is 3.21. The van der Waals surface area contributed by atoms with Gasteiger partial charge in [-0.1, -0.05) is 51.4 Å². The van der Waals surface area contributed by atoms with E-state index in [0.29, 0.717) is 0 Å². The number of halogens is 6. The molecular formula is C17H24F6N2O4S3. The third-order valence-electron chi connectivity index (χ3n) is 3.66. The van der Waals surface area contributed by atoms with Gasteiger partial charge in [-0.2, -0.15) is 26.3 Å². The second kappa shape index (κ2) is 12.8. The fourth-order valence-electron chi connectivity index (χ4n) is 2.14. The Hall–Kier alpha value is -1.37. The first-order valence-electron chi connectivity index (χ1n) is 9.40. The Labute approximate surface area is 188 Å². The van der Waals surface area contributed by atoms with Crippen LogP contribution >= 0.6 is 11.3 Å². The number of alkyl halides is 6. The largest absolute Gasteiger partial charge is 0.480 e. The van der Waals surface area contributed by atoms with Gasteiger partial charge >= 0.3 is 11.0 Å². The van der Waals surface area contributed by atoms with E-state index in [1.54, 1.807) is 0 Å². The van der Waals surface area contributed by atoms with Crippen LogP contribution < -0.4 is 4.57 Å². The first-order chi connectivity index (χ1) is 14.5. The maximum atomic E-state index is 11.4. The van der Waals surface area contributed by atoms with E-state index in [1.807, 2.05) is 11.3 Å². The molecule has 0 atom stereocenters. The minimum absolute atomic E-state index is 0.778. The van der Waals surface area contributed by atoms with Crippen LogP contribution in [0.5, 0.6) is 0 Å². The van der Waals surface area contributed by atoms with Gasteiger partial charge in [0, 0.05) is 12.8 Å². The molecule has 0 saturated carbocycles. The van der Waals surface area contributed by atoms with Crippen molar-refractivity contribution in [3.8, 4) is 12.0 Å². The lowest BCUT2D eigenvalue weighted by Crippen LogP contribution is -2.30. The van der Waals surface area contributed by atoms with Crippen LogP contribution in [0.1, 0.15) is 63.4 Å². The SMILES string of the molecule is CCC#C[n+]1csc(CCCCCC)c1CC.O=S(=O)([N-]S(=O)(=O)C(F)(F)F)C(F)(F)F. The maximum Gasteiger partial charge on any atom is 0.480 e. The second-order valence-electron chi connectivity index (χ2n) is 6.19. The average molecular weight is 531 g/mol. The van der Waals surface area contributed by atoms with Crippen LogP contribution in [0.15, 0.2) is 5.51 Å². The number of hydrogen-bond donors (Lipinski definition) is 0. The molecule has 0 aliphatic rings. The number of unbranched alkanes of at least 4 members (excludes halogenated alkanes) is 3. The number of hydrogen-bond acceptors (Lipinski definition) is 5. The predicted molar refractivity (Wildman–Crippen MR) is 109 cm³/mol. The molecule has 6 nitrogen and oxygen atoms in total. The molecule has 186 valence electrons. The van der Waals surface area contributed by atoms with Crippen molar-refractivity contribution in [1.82, 2.24) is 0 Å². The highest BCUT2D eigenvalue weighted by Crippen LogP contribution is 2.36. The number of nitrogens with zero attached hydrogens (tertiary/aromatic N) is 2. The van der Waals surface area contributed by atoms with Crippen LogP contribution in [-0.4, -0.2) is 27.9 Å². The summed E-state index contributed by atoms with van der Waals surface area (Å²) in [7, 11) is -13.4. The molecule has 0 unspecified atom stereocenters. The first kappa shape index (κ1) is 30.6. The molecule has 0 aromatic carbocycles. The molecule has 0 aliphatic heterocycles. The van der Waals surface area contributed by atoms with E-state index in [4.69, 9.17) is 0 Å². The summed E-state index contributed by atoms with van der Waals surface area (Å²) in [5.41, 5.74) is -8.82. The predicted octanol–water partition coefficient (Wildman–Crippen LogP) is 5.00. The topological polar surface area (TPSA) is 86.3 Å². The van der Waals surface area contributed by atoms with E-state index in [2.05, 4.69) is 42.8 Å². The average Bonchev–Trinajstić information content (AvgIpc) is 3.03. The summed E-state index contributed by atoms with van der Waals surface area (Å²) in [5, 5.41) is 0. The van der Waals surface area contributed by atoms with Gasteiger partial charge in [-0.05, 0) is 18.8 Å². The van der Waals surface area contributed by atoms with Gasteiger partial charge in [0.25, 0.3) is 0 Å². The molecule has 0 amide bonds. The standard InChI is InChI=1S/C15H24NS.C2F6NO4S2/c1-4-7-9-10-11-15-14(6-3)16(13-17-15)12-8-5-2;3-1(4,5)14(10,11)9-15(12,13)2(6,7)8/h13H,4-7,9-11H2,1-3H3;/q+1;-1. The monoisotopic (exact) mass is 530 g/mol. The Morgan fingerprint density at radius 1 is 0.938 bits per heavy atom. The lowest BCUT2D eigenvalue weighted by atomic mass is 10.1. The van der Waals surface area contributed by atoms with Crippen LogP contribution in [-0.2, 0) is 32.9 Å². The summed E-state index contributed by atoms with van der Waals surface area (Å²) in [6.45, 7) is 6.58. The highest BCUT2D eigenvalue weighted by atomic mass is 32.3. The van der Waals surface area contributed by atoms with E-state index in [-0.39, 0.29) is 0 Å². The van der Waals surface area contributed by atoms with E-state index in [9.17, 15) is 43.2 Å². The molecule has 0 aliphatic carbocycles. The zero-order valence-corrected chi connectivity index (χ0v) is 20.0. The second-order valence-corrected chi connectivity index (χ2v) is 10.5. The Kier molecular flexibility index (Phi) is 12.2. The van der Waals surface area contributed by atoms with Gasteiger partial charge in [-0.25, -0.2) is 16.8 Å². The minimum atomic E-state index is -6.72. The Bertz CT molecular complexity index is 946. The zero-order valence-electron chi connectivity index (χ0n) is 17.5. The summed E-state index contributed by atoms with van der Waals surface area (Å²) in [4.78, 5) is 1.54. The Morgan fingerprint density at radius 2 is 1.47 bits per heavy atom. The van der Waals surface area contributed by atoms with Crippen molar-refractivity contribution in [2.45, 2.75) is 76.7 Å². The smallest absolute Gasteiger partial charge is 0.421 e.